The first-order valence-corrected chi connectivity index (χ1v) is 22.3. The first-order chi connectivity index (χ1) is 23.8. The second kappa shape index (κ2) is 70.1. The van der Waals surface area contributed by atoms with Gasteiger partial charge in [-0.3, -0.25) is 19.1 Å². The summed E-state index contributed by atoms with van der Waals surface area (Å²) in [6.07, 6.45) is 0.0531. The zero-order valence-electron chi connectivity index (χ0n) is 32.4. The molecule has 328 valence electrons. The van der Waals surface area contributed by atoms with Gasteiger partial charge in [0.2, 0.25) is 5.91 Å². The Kier molecular flexibility index (Phi) is 112. The molecule has 22 heteroatoms. The van der Waals surface area contributed by atoms with Crippen LogP contribution in [0.25, 0.3) is 20.9 Å². The maximum absolute atomic E-state index is 12.1. The summed E-state index contributed by atoms with van der Waals surface area (Å²) >= 11 is 4.24. The van der Waals surface area contributed by atoms with Crippen LogP contribution >= 0.6 is 46.3 Å². The van der Waals surface area contributed by atoms with Gasteiger partial charge in [-0.2, -0.15) is 0 Å². The van der Waals surface area contributed by atoms with E-state index in [1.807, 2.05) is 85.7 Å². The van der Waals surface area contributed by atoms with E-state index in [-0.39, 0.29) is 73.1 Å². The summed E-state index contributed by atoms with van der Waals surface area (Å²) in [5.74, 6) is -3.31. The predicted octanol–water partition coefficient (Wildman–Crippen LogP) is 9.56. The van der Waals surface area contributed by atoms with Gasteiger partial charge in [-0.1, -0.05) is 133 Å². The summed E-state index contributed by atoms with van der Waals surface area (Å²) in [6, 6.07) is 6.62. The number of carboxylic acids is 3. The van der Waals surface area contributed by atoms with E-state index in [9.17, 15) is 24.0 Å². The molecule has 0 aliphatic carbocycles. The molecule has 2 rings (SSSR count). The number of imide groups is 1. The number of carbonyl (C=O) groups is 5. The molecular weight excluding hydrogens is 972 g/mol. The standard InChI is InChI=1S/C13H14N4O3.C3H5N3O2.C3H6NO2P.C3H6O2.4C2H6.4CH4.I2.Li.H2O/c1-9(15-16-14)12(18)17-11(8-20-13(17)19)7-10-5-3-2-4-6-10;1-2(3(7)8)5-6-4;1-2(4-7)3(5)6;1-2-3(4)5;4*1-2;;;;;1-2;;/h2-6,9,11H,7-8H2,1H3;2H,1H3,(H,7,8);2,7H,1H3,(H,5,6);2H2,1H3,(H,4,5);4*1-2H3;4*1H4;;;1H2/q;;;;;;;;;;;;;+1;/p-1. The number of amides is 2. The normalized spacial score (nSPS) is 11.3. The van der Waals surface area contributed by atoms with E-state index in [2.05, 4.69) is 71.1 Å². The van der Waals surface area contributed by atoms with Crippen LogP contribution in [0.4, 0.5) is 4.79 Å². The maximum atomic E-state index is 12.1. The van der Waals surface area contributed by atoms with Gasteiger partial charge in [0.15, 0.2) is 0 Å². The van der Waals surface area contributed by atoms with Crippen LogP contribution < -0.4 is 18.9 Å². The first-order valence-electron chi connectivity index (χ1n) is 15.6. The fourth-order valence-corrected chi connectivity index (χ4v) is 2.39. The molecule has 4 unspecified atom stereocenters. The van der Waals surface area contributed by atoms with Crippen molar-refractivity contribution in [1.82, 2.24) is 4.90 Å². The Labute approximate surface area is 375 Å². The Morgan fingerprint density at radius 3 is 1.41 bits per heavy atom. The number of carboxylic acid groups (broad SMARTS) is 3. The number of cyclic esters (lactones) is 1. The number of aliphatic carboxylic acids is 3. The molecule has 56 heavy (non-hydrogen) atoms. The quantitative estimate of drug-likeness (QED) is 0.0525. The van der Waals surface area contributed by atoms with E-state index in [0.29, 0.717) is 6.42 Å². The summed E-state index contributed by atoms with van der Waals surface area (Å²) in [4.78, 5) is 58.7. The minimum Gasteiger partial charge on any atom is -0.870 e. The van der Waals surface area contributed by atoms with E-state index in [0.717, 1.165) is 10.5 Å². The number of azide groups is 2. The molecule has 1 aromatic carbocycles. The number of rotatable bonds is 9. The van der Waals surface area contributed by atoms with Gasteiger partial charge >= 0.3 is 42.9 Å². The summed E-state index contributed by atoms with van der Waals surface area (Å²) in [5.41, 5.74) is 17.1. The monoisotopic (exact) mass is 1040 g/mol. The van der Waals surface area contributed by atoms with Crippen molar-refractivity contribution in [3.8, 4) is 0 Å². The second-order valence-corrected chi connectivity index (χ2v) is 7.88. The van der Waals surface area contributed by atoms with Crippen molar-refractivity contribution in [1.29, 1.82) is 0 Å². The molecule has 1 heterocycles. The second-order valence-electron chi connectivity index (χ2n) is 7.62. The van der Waals surface area contributed by atoms with Crippen LogP contribution in [-0.4, -0.2) is 86.4 Å². The number of carbonyl (C=O) groups excluding carboxylic acids is 2. The number of benzene rings is 1. The molecule has 4 N–H and O–H groups in total. The van der Waals surface area contributed by atoms with Gasteiger partial charge in [0.25, 0.3) is 0 Å². The van der Waals surface area contributed by atoms with Gasteiger partial charge in [-0.15, -0.1) is 0 Å². The fourth-order valence-electron chi connectivity index (χ4n) is 2.28. The topological polar surface area (TPSA) is 298 Å². The smallest absolute Gasteiger partial charge is 0.870 e. The van der Waals surface area contributed by atoms with Crippen LogP contribution in [0.3, 0.4) is 0 Å². The number of hydrogen-bond acceptors (Lipinski definition) is 10. The van der Waals surface area contributed by atoms with E-state index < -0.39 is 48.0 Å². The minimum atomic E-state index is -1.11. The van der Waals surface area contributed by atoms with E-state index in [1.165, 1.54) is 20.8 Å². The molecule has 2 amide bonds. The molecule has 0 bridgehead atoms. The van der Waals surface area contributed by atoms with Crippen molar-refractivity contribution in [3.63, 3.8) is 0 Å². The van der Waals surface area contributed by atoms with Crippen molar-refractivity contribution in [2.24, 2.45) is 15.0 Å². The average Bonchev–Trinajstić information content (AvgIpc) is 3.51. The molecule has 1 fully saturated rings. The molecule has 4 atom stereocenters. The molecule has 1 saturated heterocycles. The molecule has 1 aliphatic rings. The molecular formula is C34H72I2LiN8O10P. The molecule has 0 aromatic heterocycles. The van der Waals surface area contributed by atoms with Crippen LogP contribution in [0.1, 0.15) is 125 Å². The van der Waals surface area contributed by atoms with Crippen LogP contribution in [0.2, 0.25) is 0 Å². The molecule has 0 saturated carbocycles. The first kappa shape index (κ1) is 89.8. The number of nitrogens with zero attached hydrogens (tertiary/aromatic N) is 8. The van der Waals surface area contributed by atoms with Crippen molar-refractivity contribution in [2.45, 2.75) is 150 Å². The minimum absolute atomic E-state index is 0. The summed E-state index contributed by atoms with van der Waals surface area (Å²) in [5, 5.41) is 30.1. The Morgan fingerprint density at radius 1 is 0.821 bits per heavy atom. The van der Waals surface area contributed by atoms with Crippen molar-refractivity contribution >= 4 is 76.2 Å². The van der Waals surface area contributed by atoms with Gasteiger partial charge in [-0.25, -0.2) is 14.5 Å². The van der Waals surface area contributed by atoms with Gasteiger partial charge in [0.05, 0.1) is 6.04 Å². The SMILES string of the molecule is C.C.C.C.CC.CC.CC.CC.CC(N=P)C(=O)O.CC(N=[N+]=[N-])C(=O)N1C(=O)OCC1Cc1ccccc1.CC(N=[N+]=[N-])C(=O)O.CCC(=O)O.II.[Li+].[OH-]. The number of hydrogen-bond donors (Lipinski definition) is 3. The van der Waals surface area contributed by atoms with E-state index in [1.54, 1.807) is 6.92 Å². The zero-order chi connectivity index (χ0) is 41.3. The average molecular weight is 1040 g/mol. The van der Waals surface area contributed by atoms with Crippen LogP contribution in [0, 0.1) is 0 Å². The third-order valence-electron chi connectivity index (χ3n) is 4.53. The summed E-state index contributed by atoms with van der Waals surface area (Å²) in [6.45, 7) is 22.0. The Morgan fingerprint density at radius 2 is 1.16 bits per heavy atom. The van der Waals surface area contributed by atoms with Gasteiger partial charge in [0, 0.05) is 53.5 Å². The fraction of sp³-hybridized carbons (Fsp3) is 0.676. The van der Waals surface area contributed by atoms with Gasteiger partial charge in [-0.05, 0) is 52.8 Å². The van der Waals surface area contributed by atoms with Gasteiger partial charge in [0.1, 0.15) is 24.7 Å². The molecule has 0 radical (unpaired) electrons. The van der Waals surface area contributed by atoms with Gasteiger partial charge < -0.3 is 25.5 Å². The molecule has 1 aliphatic heterocycles. The third-order valence-corrected chi connectivity index (χ3v) is 4.92. The Bertz CT molecular complexity index is 1140. The molecule has 0 spiro atoms. The van der Waals surface area contributed by atoms with Crippen LogP contribution in [0.15, 0.2) is 45.3 Å². The Balaban J connectivity index is -0.0000000400. The van der Waals surface area contributed by atoms with Crippen molar-refractivity contribution in [3.05, 3.63) is 56.8 Å². The Hall–Kier alpha value is -2.69. The summed E-state index contributed by atoms with van der Waals surface area (Å²) in [7, 11) is 2.70. The molecule has 18 nitrogen and oxygen atoms in total. The number of ether oxygens (including phenoxy) is 1. The predicted molar refractivity (Wildman–Crippen MR) is 245 cm³/mol. The summed E-state index contributed by atoms with van der Waals surface area (Å²) < 4.78 is 8.23. The number of halogens is 2. The largest absolute Gasteiger partial charge is 1.00 e. The van der Waals surface area contributed by atoms with Crippen molar-refractivity contribution < 1.29 is 68.4 Å². The van der Waals surface area contributed by atoms with E-state index in [4.69, 9.17) is 31.1 Å². The zero-order valence-corrected chi connectivity index (χ0v) is 37.7. The van der Waals surface area contributed by atoms with Crippen LogP contribution in [-0.2, 0) is 30.3 Å². The van der Waals surface area contributed by atoms with E-state index >= 15 is 0 Å². The third kappa shape index (κ3) is 55.6. The van der Waals surface area contributed by atoms with Crippen LogP contribution in [0.5, 0.6) is 0 Å². The maximum Gasteiger partial charge on any atom is 1.00 e. The van der Waals surface area contributed by atoms with Crippen molar-refractivity contribution in [2.75, 3.05) is 6.61 Å². The molecule has 1 aromatic rings.